The van der Waals surface area contributed by atoms with Crippen LogP contribution in [0.2, 0.25) is 5.02 Å². The lowest BCUT2D eigenvalue weighted by atomic mass is 10.1. The Morgan fingerprint density at radius 1 is 1.29 bits per heavy atom. The van der Waals surface area contributed by atoms with Gasteiger partial charge in [0.1, 0.15) is 5.82 Å². The molecule has 0 spiro atoms. The minimum atomic E-state index is -0.303. The molecular weight excluding hydrogens is 345 g/mol. The number of nitrogens with zero attached hydrogens (tertiary/aromatic N) is 3. The molecule has 0 radical (unpaired) electrons. The van der Waals surface area contributed by atoms with Gasteiger partial charge in [0.25, 0.3) is 0 Å². The number of aromatic nitrogens is 2. The highest BCUT2D eigenvalue weighted by molar-refractivity contribution is 7.13. The minimum absolute atomic E-state index is 0.303. The Morgan fingerprint density at radius 3 is 3.00 bits per heavy atom. The molecule has 0 amide bonds. The van der Waals surface area contributed by atoms with Gasteiger partial charge in [-0.15, -0.1) is 11.3 Å². The number of benzene rings is 1. The van der Waals surface area contributed by atoms with E-state index in [1.807, 2.05) is 23.7 Å². The largest absolute Gasteiger partial charge is 0.294 e. The van der Waals surface area contributed by atoms with E-state index >= 15 is 0 Å². The second-order valence-corrected chi connectivity index (χ2v) is 7.19. The smallest absolute Gasteiger partial charge is 0.169 e. The first kappa shape index (κ1) is 15.7. The maximum Gasteiger partial charge on any atom is 0.169 e. The van der Waals surface area contributed by atoms with Gasteiger partial charge in [-0.1, -0.05) is 23.7 Å². The molecule has 0 unspecified atom stereocenters. The van der Waals surface area contributed by atoms with E-state index in [2.05, 4.69) is 9.88 Å². The van der Waals surface area contributed by atoms with Gasteiger partial charge in [0.15, 0.2) is 5.82 Å². The predicted molar refractivity (Wildman–Crippen MR) is 94.6 cm³/mol. The molecule has 1 aliphatic rings. The number of fused-ring (bicyclic) bond motifs is 1. The first-order valence-corrected chi connectivity index (χ1v) is 9.00. The molecule has 24 heavy (non-hydrogen) atoms. The zero-order valence-corrected chi connectivity index (χ0v) is 14.4. The first-order chi connectivity index (χ1) is 11.7. The van der Waals surface area contributed by atoms with Crippen molar-refractivity contribution in [3.8, 4) is 10.7 Å². The third kappa shape index (κ3) is 3.20. The van der Waals surface area contributed by atoms with E-state index in [-0.39, 0.29) is 5.82 Å². The van der Waals surface area contributed by atoms with Crippen LogP contribution in [0, 0.1) is 5.82 Å². The fourth-order valence-electron chi connectivity index (χ4n) is 2.92. The van der Waals surface area contributed by atoms with Crippen LogP contribution < -0.4 is 0 Å². The van der Waals surface area contributed by atoms with Crippen molar-refractivity contribution in [2.24, 2.45) is 0 Å². The van der Waals surface area contributed by atoms with Crippen molar-refractivity contribution in [2.45, 2.75) is 19.5 Å². The Labute approximate surface area is 148 Å². The van der Waals surface area contributed by atoms with Crippen LogP contribution in [0.1, 0.15) is 16.8 Å². The summed E-state index contributed by atoms with van der Waals surface area (Å²) >= 11 is 7.79. The van der Waals surface area contributed by atoms with Crippen molar-refractivity contribution in [1.82, 2.24) is 14.9 Å². The SMILES string of the molecule is Fc1ccc(CN2CCc3nc(-c4cccs4)ncc3C2)c(Cl)c1. The van der Waals surface area contributed by atoms with E-state index in [1.54, 1.807) is 17.4 Å². The van der Waals surface area contributed by atoms with Crippen LogP contribution in [0.5, 0.6) is 0 Å². The van der Waals surface area contributed by atoms with E-state index < -0.39 is 0 Å². The quantitative estimate of drug-likeness (QED) is 0.686. The molecule has 1 aliphatic heterocycles. The molecule has 1 aromatic carbocycles. The molecule has 6 heteroatoms. The van der Waals surface area contributed by atoms with Crippen LogP contribution >= 0.6 is 22.9 Å². The number of hydrogen-bond donors (Lipinski definition) is 0. The fourth-order valence-corrected chi connectivity index (χ4v) is 3.82. The second kappa shape index (κ2) is 6.59. The molecule has 3 nitrogen and oxygen atoms in total. The third-order valence-corrected chi connectivity index (χ3v) is 5.38. The van der Waals surface area contributed by atoms with Crippen LogP contribution in [0.4, 0.5) is 4.39 Å². The van der Waals surface area contributed by atoms with Crippen LogP contribution in [-0.2, 0) is 19.5 Å². The molecule has 2 aromatic heterocycles. The monoisotopic (exact) mass is 359 g/mol. The van der Waals surface area contributed by atoms with Gasteiger partial charge in [-0.05, 0) is 29.1 Å². The predicted octanol–water partition coefficient (Wildman–Crippen LogP) is 4.56. The topological polar surface area (TPSA) is 29.0 Å². The Balaban J connectivity index is 1.52. The van der Waals surface area contributed by atoms with Gasteiger partial charge in [0.2, 0.25) is 0 Å². The standard InChI is InChI=1S/C18H15ClFN3S/c19-15-8-14(20)4-3-12(15)10-23-6-5-16-13(11-23)9-21-18(22-16)17-2-1-7-24-17/h1-4,7-9H,5-6,10-11H2. The van der Waals surface area contributed by atoms with Gasteiger partial charge in [-0.3, -0.25) is 4.90 Å². The summed E-state index contributed by atoms with van der Waals surface area (Å²) in [4.78, 5) is 12.6. The summed E-state index contributed by atoms with van der Waals surface area (Å²) in [5, 5.41) is 2.51. The molecule has 0 saturated carbocycles. The molecule has 0 saturated heterocycles. The molecule has 3 aromatic rings. The van der Waals surface area contributed by atoms with Crippen LogP contribution in [-0.4, -0.2) is 21.4 Å². The van der Waals surface area contributed by atoms with E-state index in [0.717, 1.165) is 47.0 Å². The lowest BCUT2D eigenvalue weighted by Crippen LogP contribution is -2.31. The van der Waals surface area contributed by atoms with Gasteiger partial charge >= 0.3 is 0 Å². The van der Waals surface area contributed by atoms with Crippen molar-refractivity contribution >= 4 is 22.9 Å². The molecule has 122 valence electrons. The highest BCUT2D eigenvalue weighted by atomic mass is 35.5. The van der Waals surface area contributed by atoms with Crippen molar-refractivity contribution in [1.29, 1.82) is 0 Å². The number of rotatable bonds is 3. The van der Waals surface area contributed by atoms with E-state index in [1.165, 1.54) is 12.1 Å². The summed E-state index contributed by atoms with van der Waals surface area (Å²) < 4.78 is 13.2. The fraction of sp³-hybridized carbons (Fsp3) is 0.222. The highest BCUT2D eigenvalue weighted by Crippen LogP contribution is 2.26. The van der Waals surface area contributed by atoms with Crippen LogP contribution in [0.25, 0.3) is 10.7 Å². The second-order valence-electron chi connectivity index (χ2n) is 5.84. The molecule has 4 rings (SSSR count). The van der Waals surface area contributed by atoms with Gasteiger partial charge in [-0.2, -0.15) is 0 Å². The summed E-state index contributed by atoms with van der Waals surface area (Å²) in [6, 6.07) is 8.62. The van der Waals surface area contributed by atoms with Gasteiger partial charge in [-0.25, -0.2) is 14.4 Å². The third-order valence-electron chi connectivity index (χ3n) is 4.16. The Morgan fingerprint density at radius 2 is 2.21 bits per heavy atom. The van der Waals surface area contributed by atoms with E-state index in [9.17, 15) is 4.39 Å². The summed E-state index contributed by atoms with van der Waals surface area (Å²) in [6.45, 7) is 2.39. The summed E-state index contributed by atoms with van der Waals surface area (Å²) in [5.74, 6) is 0.501. The number of halogens is 2. The van der Waals surface area contributed by atoms with Crippen LogP contribution in [0.15, 0.2) is 41.9 Å². The highest BCUT2D eigenvalue weighted by Gasteiger charge is 2.20. The van der Waals surface area contributed by atoms with Crippen molar-refractivity contribution < 1.29 is 4.39 Å². The maximum absolute atomic E-state index is 13.2. The van der Waals surface area contributed by atoms with Crippen LogP contribution in [0.3, 0.4) is 0 Å². The average molecular weight is 360 g/mol. The molecular formula is C18H15ClFN3S. The molecule has 3 heterocycles. The summed E-state index contributed by atoms with van der Waals surface area (Å²) in [7, 11) is 0. The zero-order chi connectivity index (χ0) is 16.5. The Bertz CT molecular complexity index is 867. The molecule has 0 atom stereocenters. The molecule has 0 aliphatic carbocycles. The normalized spacial score (nSPS) is 14.6. The maximum atomic E-state index is 13.2. The van der Waals surface area contributed by atoms with Gasteiger partial charge in [0, 0.05) is 42.8 Å². The number of hydrogen-bond acceptors (Lipinski definition) is 4. The van der Waals surface area contributed by atoms with E-state index in [4.69, 9.17) is 16.6 Å². The molecule has 0 N–H and O–H groups in total. The average Bonchev–Trinajstić information content (AvgIpc) is 3.11. The minimum Gasteiger partial charge on any atom is -0.294 e. The number of thiophene rings is 1. The Hall–Kier alpha value is -1.82. The first-order valence-electron chi connectivity index (χ1n) is 7.74. The van der Waals surface area contributed by atoms with Gasteiger partial charge in [0.05, 0.1) is 10.6 Å². The van der Waals surface area contributed by atoms with Crippen molar-refractivity contribution in [2.75, 3.05) is 6.54 Å². The van der Waals surface area contributed by atoms with Crippen molar-refractivity contribution in [3.63, 3.8) is 0 Å². The molecule has 0 fully saturated rings. The van der Waals surface area contributed by atoms with Gasteiger partial charge < -0.3 is 0 Å². The zero-order valence-electron chi connectivity index (χ0n) is 12.9. The van der Waals surface area contributed by atoms with E-state index in [0.29, 0.717) is 11.6 Å². The summed E-state index contributed by atoms with van der Waals surface area (Å²) in [5.41, 5.74) is 3.22. The van der Waals surface area contributed by atoms with Crippen molar-refractivity contribution in [3.05, 3.63) is 69.6 Å². The lowest BCUT2D eigenvalue weighted by molar-refractivity contribution is 0.243. The lowest BCUT2D eigenvalue weighted by Gasteiger charge is -2.28. The summed E-state index contributed by atoms with van der Waals surface area (Å²) in [6.07, 6.45) is 2.81. The molecule has 0 bridgehead atoms. The Kier molecular flexibility index (Phi) is 4.31.